The number of imidazole rings is 2. The van der Waals surface area contributed by atoms with Crippen LogP contribution in [0.4, 0.5) is 0 Å². The van der Waals surface area contributed by atoms with Crippen molar-refractivity contribution in [2.75, 3.05) is 0 Å². The van der Waals surface area contributed by atoms with Crippen molar-refractivity contribution < 1.29 is 13.5 Å². The van der Waals surface area contributed by atoms with Crippen LogP contribution in [0.25, 0.3) is 0 Å². The van der Waals surface area contributed by atoms with Crippen LogP contribution in [0.5, 0.6) is 0 Å². The molecule has 23 nitrogen and oxygen atoms in total. The Morgan fingerprint density at radius 1 is 0.583 bits per heavy atom. The number of H-pyrrole nitrogens is 5. The van der Waals surface area contributed by atoms with Gasteiger partial charge in [-0.1, -0.05) is 10.3 Å². The van der Waals surface area contributed by atoms with Crippen molar-refractivity contribution in [3.63, 3.8) is 0 Å². The molecule has 10 rings (SSSR count). The topological polar surface area (TPSA) is 312 Å². The quantitative estimate of drug-likeness (QED) is 0.110. The van der Waals surface area contributed by atoms with E-state index in [-0.39, 0.29) is 0 Å². The van der Waals surface area contributed by atoms with Gasteiger partial charge in [-0.3, -0.25) is 15.3 Å². The van der Waals surface area contributed by atoms with E-state index >= 15 is 0 Å². The maximum Gasteiger partial charge on any atom is 0.223 e. The van der Waals surface area contributed by atoms with Crippen molar-refractivity contribution in [3.05, 3.63) is 149 Å². The Morgan fingerprint density at radius 3 is 1.48 bits per heavy atom. The van der Waals surface area contributed by atoms with Crippen molar-refractivity contribution in [2.24, 2.45) is 0 Å². The molecule has 10 aromatic heterocycles. The van der Waals surface area contributed by atoms with Gasteiger partial charge in [-0.05, 0) is 79.1 Å². The maximum absolute atomic E-state index is 4.61. The molecule has 0 unspecified atom stereocenters. The first kappa shape index (κ1) is 50.6. The van der Waals surface area contributed by atoms with Crippen molar-refractivity contribution in [2.45, 2.75) is 69.2 Å². The smallest absolute Gasteiger partial charge is 0.223 e. The van der Waals surface area contributed by atoms with Crippen molar-refractivity contribution >= 4 is 22.9 Å². The zero-order valence-corrected chi connectivity index (χ0v) is 36.5. The van der Waals surface area contributed by atoms with Gasteiger partial charge in [0.25, 0.3) is 0 Å². The first-order valence-electron chi connectivity index (χ1n) is 17.4. The number of nitrogens with one attached hydrogen (secondary N) is 5. The molecule has 0 amide bonds. The molecule has 0 fully saturated rings. The van der Waals surface area contributed by atoms with Crippen LogP contribution >= 0.6 is 22.9 Å². The lowest BCUT2D eigenvalue weighted by Gasteiger charge is -1.68. The van der Waals surface area contributed by atoms with Crippen LogP contribution in [-0.2, 0) is 0 Å². The number of hydrogen-bond donors (Lipinski definition) is 5. The summed E-state index contributed by atoms with van der Waals surface area (Å²) in [7, 11) is 0. The van der Waals surface area contributed by atoms with E-state index in [4.69, 9.17) is 0 Å². The highest BCUT2D eigenvalue weighted by Gasteiger charge is 1.82. The molecule has 0 bridgehead atoms. The van der Waals surface area contributed by atoms with Crippen LogP contribution in [0.3, 0.4) is 0 Å². The van der Waals surface area contributed by atoms with Gasteiger partial charge in [0.2, 0.25) is 18.2 Å². The van der Waals surface area contributed by atoms with Gasteiger partial charge in [0, 0.05) is 67.2 Å². The van der Waals surface area contributed by atoms with E-state index in [0.717, 1.165) is 39.6 Å². The van der Waals surface area contributed by atoms with Gasteiger partial charge < -0.3 is 23.4 Å². The van der Waals surface area contributed by atoms with E-state index in [9.17, 15) is 0 Å². The predicted octanol–water partition coefficient (Wildman–Crippen LogP) is 6.42. The Labute approximate surface area is 354 Å². The number of hydrogen-bond acceptors (Lipinski definition) is 20. The summed E-state index contributed by atoms with van der Waals surface area (Å²) in [5.74, 6) is 4.75. The molecule has 0 aliphatic carbocycles. The number of rotatable bonds is 0. The van der Waals surface area contributed by atoms with Crippen LogP contribution in [-0.4, -0.2) is 101 Å². The Morgan fingerprint density at radius 2 is 1.33 bits per heavy atom. The molecule has 0 spiro atoms. The lowest BCUT2D eigenvalue weighted by atomic mass is 10.5. The summed E-state index contributed by atoms with van der Waals surface area (Å²) in [6.07, 6.45) is 17.8. The summed E-state index contributed by atoms with van der Waals surface area (Å²) in [6, 6.07) is 5.71. The molecule has 0 radical (unpaired) electrons. The largest absolute Gasteiger partial charge is 0.428 e. The summed E-state index contributed by atoms with van der Waals surface area (Å²) in [4.78, 5) is 25.8. The zero-order chi connectivity index (χ0) is 44.1. The third-order valence-corrected chi connectivity index (χ3v) is 6.80. The molecule has 320 valence electrons. The zero-order valence-electron chi connectivity index (χ0n) is 34.9. The monoisotopic (exact) mass is 862 g/mol. The fourth-order valence-corrected chi connectivity index (χ4v) is 3.52. The SMILES string of the molecule is Cc1ccn[nH]1.Cc1ccno1.Cc1ccns1.Cc1cnc[nH]1.Cc1ncc[nH]1.Cc1ncn[nH]1.Cc1ncn[nH]1.Cc1ncno1.Cc1nnco1.Cc1nncs1. The Hall–Kier alpha value is -7.41. The fourth-order valence-electron chi connectivity index (χ4n) is 2.77. The fraction of sp³-hybridized carbons (Fsp3) is 0.286. The van der Waals surface area contributed by atoms with E-state index in [2.05, 4.69) is 114 Å². The molecule has 0 saturated carbocycles. The average molecular weight is 863 g/mol. The lowest BCUT2D eigenvalue weighted by molar-refractivity contribution is 0.392. The minimum Gasteiger partial charge on any atom is -0.428 e. The molecule has 0 aliphatic heterocycles. The van der Waals surface area contributed by atoms with Crippen LogP contribution < -0.4 is 0 Å². The summed E-state index contributed by atoms with van der Waals surface area (Å²) < 4.78 is 17.5. The Bertz CT molecular complexity index is 1650. The van der Waals surface area contributed by atoms with Crippen LogP contribution in [0.2, 0.25) is 0 Å². The summed E-state index contributed by atoms with van der Waals surface area (Å²) in [6.45, 7) is 18.9. The van der Waals surface area contributed by atoms with Gasteiger partial charge in [-0.15, -0.1) is 31.7 Å². The van der Waals surface area contributed by atoms with Gasteiger partial charge in [0.05, 0.1) is 12.5 Å². The molecular formula is C35H50N20O3S2. The normalized spacial score (nSPS) is 8.83. The van der Waals surface area contributed by atoms with Crippen molar-refractivity contribution in [3.8, 4) is 0 Å². The summed E-state index contributed by atoms with van der Waals surface area (Å²) >= 11 is 3.08. The van der Waals surface area contributed by atoms with Gasteiger partial charge in [0.15, 0.2) is 6.33 Å². The molecule has 60 heavy (non-hydrogen) atoms. The van der Waals surface area contributed by atoms with Crippen molar-refractivity contribution in [1.29, 1.82) is 0 Å². The first-order chi connectivity index (χ1) is 28.9. The van der Waals surface area contributed by atoms with Gasteiger partial charge in [-0.2, -0.15) is 20.3 Å². The highest BCUT2D eigenvalue weighted by Crippen LogP contribution is 1.98. The summed E-state index contributed by atoms with van der Waals surface area (Å²) in [5, 5.41) is 40.9. The first-order valence-corrected chi connectivity index (χ1v) is 19.0. The van der Waals surface area contributed by atoms with Gasteiger partial charge in [0.1, 0.15) is 46.4 Å². The lowest BCUT2D eigenvalue weighted by Crippen LogP contribution is -1.68. The highest BCUT2D eigenvalue weighted by atomic mass is 32.1. The third-order valence-electron chi connectivity index (χ3n) is 5.52. The predicted molar refractivity (Wildman–Crippen MR) is 223 cm³/mol. The van der Waals surface area contributed by atoms with Crippen LogP contribution in [0.15, 0.2) is 106 Å². The second kappa shape index (κ2) is 33.7. The van der Waals surface area contributed by atoms with E-state index in [1.165, 1.54) is 41.8 Å². The Balaban J connectivity index is 0.000000333. The molecule has 0 aromatic carbocycles. The second-order valence-electron chi connectivity index (χ2n) is 10.9. The molecule has 0 atom stereocenters. The number of aromatic amines is 5. The van der Waals surface area contributed by atoms with Gasteiger partial charge in [-0.25, -0.2) is 24.3 Å². The van der Waals surface area contributed by atoms with E-state index in [1.54, 1.807) is 80.3 Å². The molecule has 0 aliphatic rings. The van der Waals surface area contributed by atoms with Crippen molar-refractivity contribution in [1.82, 2.24) is 101 Å². The molecule has 5 N–H and O–H groups in total. The Kier molecular flexibility index (Phi) is 28.4. The molecule has 10 heterocycles. The highest BCUT2D eigenvalue weighted by molar-refractivity contribution is 7.09. The van der Waals surface area contributed by atoms with E-state index in [1.807, 2.05) is 67.5 Å². The van der Waals surface area contributed by atoms with Crippen LogP contribution in [0, 0.1) is 69.2 Å². The molecule has 0 saturated heterocycles. The minimum absolute atomic E-state index is 0.606. The third kappa shape index (κ3) is 31.8. The van der Waals surface area contributed by atoms with Crippen LogP contribution in [0.1, 0.15) is 56.3 Å². The average Bonchev–Trinajstić information content (AvgIpc) is 4.06. The number of aryl methyl sites for hydroxylation is 10. The molecular weight excluding hydrogens is 813 g/mol. The molecule has 25 heteroatoms. The van der Waals surface area contributed by atoms with E-state index < -0.39 is 0 Å². The van der Waals surface area contributed by atoms with E-state index in [0.29, 0.717) is 11.8 Å². The minimum atomic E-state index is 0.606. The standard InChI is InChI=1S/3C4H6N2.C4H5NO.C4H5NS.2C3H5N3.2C3H4N2O.C3H4N2S/c1-4-2-5-3-6-4;1-4-5-2-3-6-4;3*1-4-2-3-5-6-4;2*1-3-4-2-5-6-3;1-3-5-4-2-6-3;1-3-4-2-5-6-3;1-3-5-4-2-6-3/h3*2-3H,1H3,(H,5,6);2*2-3H,1H3;2*2H,1H3,(H,4,5,6);3*2H,1H3. The van der Waals surface area contributed by atoms with Gasteiger partial charge >= 0.3 is 0 Å². The molecule has 10 aromatic rings. The second-order valence-corrected chi connectivity index (χ2v) is 13.0. The summed E-state index contributed by atoms with van der Waals surface area (Å²) in [5.41, 5.74) is 3.93. The number of aromatic nitrogens is 20. The maximum atomic E-state index is 4.61. The number of nitrogens with zero attached hydrogens (tertiary/aromatic N) is 15.